The molecule has 0 atom stereocenters. The molecule has 0 spiro atoms. The minimum absolute atomic E-state index is 1.28. The second-order valence-electron chi connectivity index (χ2n) is 3.47. The van der Waals surface area contributed by atoms with E-state index in [-0.39, 0.29) is 0 Å². The maximum atomic E-state index is 10.8. The summed E-state index contributed by atoms with van der Waals surface area (Å²) in [6.07, 6.45) is 0. The van der Waals surface area contributed by atoms with E-state index in [0.717, 1.165) is 0 Å². The first-order valence-electron chi connectivity index (χ1n) is 4.16. The van der Waals surface area contributed by atoms with Gasteiger partial charge >= 0.3 is 8.10 Å². The Hall–Kier alpha value is 0.130. The zero-order chi connectivity index (χ0) is 12.8. The monoisotopic (exact) mass is 258 g/mol. The first-order valence-corrected chi connectivity index (χ1v) is 7.13. The maximum Gasteiger partial charge on any atom is 0.536 e. The fraction of sp³-hybridized carbons (Fsp3) is 1.00. The average Bonchev–Trinajstić information content (AvgIpc) is 2.01. The third-order valence-electron chi connectivity index (χ3n) is 1.31. The van der Waals surface area contributed by atoms with Gasteiger partial charge in [-0.1, -0.05) is 9.34 Å². The summed E-state index contributed by atoms with van der Waals surface area (Å²) in [5.41, 5.74) is 9.88. The van der Waals surface area contributed by atoms with Crippen molar-refractivity contribution in [3.05, 3.63) is 0 Å². The van der Waals surface area contributed by atoms with Crippen molar-refractivity contribution in [2.75, 3.05) is 42.3 Å². The fourth-order valence-electron chi connectivity index (χ4n) is 0.358. The van der Waals surface area contributed by atoms with Gasteiger partial charge in [-0.2, -0.15) is 0 Å². The number of nitrogens with two attached hydrogens (primary N) is 2. The van der Waals surface area contributed by atoms with Crippen molar-refractivity contribution in [2.45, 2.75) is 0 Å². The van der Waals surface area contributed by atoms with E-state index in [2.05, 4.69) is 0 Å². The van der Waals surface area contributed by atoms with Crippen molar-refractivity contribution in [3.63, 3.8) is 0 Å². The Balaban J connectivity index is 0. The van der Waals surface area contributed by atoms with Gasteiger partial charge in [-0.3, -0.25) is 15.6 Å². The van der Waals surface area contributed by atoms with Crippen LogP contribution in [0.15, 0.2) is 0 Å². The smallest absolute Gasteiger partial charge is 0.271 e. The van der Waals surface area contributed by atoms with E-state index >= 15 is 0 Å². The molecule has 0 saturated carbocycles. The first kappa shape index (κ1) is 17.5. The SMILES string of the molecule is CN(C)P(N)(N)=O.CN(C)[P+](=O)N(C)C. The second kappa shape index (κ2) is 7.41. The van der Waals surface area contributed by atoms with Crippen LogP contribution in [0, 0.1) is 0 Å². The second-order valence-corrected chi connectivity index (χ2v) is 7.72. The Morgan fingerprint density at radius 2 is 1.13 bits per heavy atom. The highest BCUT2D eigenvalue weighted by Gasteiger charge is 2.21. The van der Waals surface area contributed by atoms with Gasteiger partial charge in [0.15, 0.2) is 0 Å². The van der Waals surface area contributed by atoms with Gasteiger partial charge in [0.25, 0.3) is 7.59 Å². The lowest BCUT2D eigenvalue weighted by atomic mass is 11.3. The van der Waals surface area contributed by atoms with Crippen LogP contribution in [0.1, 0.15) is 0 Å². The van der Waals surface area contributed by atoms with E-state index in [9.17, 15) is 9.13 Å². The molecule has 0 aromatic heterocycles. The lowest BCUT2D eigenvalue weighted by molar-refractivity contribution is 0.474. The molecule has 0 fully saturated rings. The molecule has 0 aromatic carbocycles. The number of nitrogens with zero attached hydrogens (tertiary/aromatic N) is 3. The predicted octanol–water partition coefficient (Wildman–Crippen LogP) is 0.341. The third-order valence-corrected chi connectivity index (χ3v) is 3.93. The fourth-order valence-corrected chi connectivity index (χ4v) is 1.07. The summed E-state index contributed by atoms with van der Waals surface area (Å²) >= 11 is 0. The van der Waals surface area contributed by atoms with E-state index < -0.39 is 15.7 Å². The van der Waals surface area contributed by atoms with Gasteiger partial charge in [0, 0.05) is 28.2 Å². The molecule has 0 aliphatic heterocycles. The Morgan fingerprint density at radius 3 is 1.13 bits per heavy atom. The van der Waals surface area contributed by atoms with Crippen LogP contribution in [-0.4, -0.2) is 56.3 Å². The Morgan fingerprint density at radius 1 is 0.933 bits per heavy atom. The van der Waals surface area contributed by atoms with E-state index in [4.69, 9.17) is 11.0 Å². The summed E-state index contributed by atoms with van der Waals surface area (Å²) in [4.78, 5) is 0. The predicted molar refractivity (Wildman–Crippen MR) is 64.6 cm³/mol. The molecule has 0 amide bonds. The van der Waals surface area contributed by atoms with Crippen LogP contribution in [0.25, 0.3) is 0 Å². The molecule has 0 heterocycles. The Kier molecular flexibility index (Phi) is 8.66. The summed E-state index contributed by atoms with van der Waals surface area (Å²) in [5, 5.41) is 0. The van der Waals surface area contributed by atoms with Crippen molar-refractivity contribution in [3.8, 4) is 0 Å². The van der Waals surface area contributed by atoms with Gasteiger partial charge in [-0.25, -0.2) is 4.67 Å². The molecule has 0 aliphatic rings. The van der Waals surface area contributed by atoms with Crippen LogP contribution in [0.4, 0.5) is 0 Å². The normalized spacial score (nSPS) is 11.7. The first-order chi connectivity index (χ1) is 6.50. The van der Waals surface area contributed by atoms with Crippen LogP contribution in [0.3, 0.4) is 0 Å². The van der Waals surface area contributed by atoms with Crippen molar-refractivity contribution in [1.29, 1.82) is 0 Å². The van der Waals surface area contributed by atoms with Crippen molar-refractivity contribution < 1.29 is 9.13 Å². The quantitative estimate of drug-likeness (QED) is 0.704. The molecule has 0 bridgehead atoms. The van der Waals surface area contributed by atoms with E-state index in [0.29, 0.717) is 0 Å². The number of rotatable bonds is 3. The standard InChI is InChI=1S/C4H12N2OP.C2H10N3OP/c1-5(2)8(7)6(3)4;1-5(2)7(3,4)6/h1-4H3;1-2H3,(H4,3,4,6)/q+1;. The highest BCUT2D eigenvalue weighted by molar-refractivity contribution is 7.56. The van der Waals surface area contributed by atoms with Crippen LogP contribution in [0.2, 0.25) is 0 Å². The zero-order valence-corrected chi connectivity index (χ0v) is 12.0. The largest absolute Gasteiger partial charge is 0.536 e. The molecule has 92 valence electrons. The van der Waals surface area contributed by atoms with Crippen LogP contribution >= 0.6 is 15.7 Å². The highest BCUT2D eigenvalue weighted by Crippen LogP contribution is 2.26. The van der Waals surface area contributed by atoms with Crippen LogP contribution in [-0.2, 0) is 9.13 Å². The summed E-state index contributed by atoms with van der Waals surface area (Å²) in [6.45, 7) is 0. The Labute approximate surface area is 92.8 Å². The topological polar surface area (TPSA) is 95.9 Å². The van der Waals surface area contributed by atoms with E-state index in [1.54, 1.807) is 51.6 Å². The number of hydrogen-bond acceptors (Lipinski definition) is 2. The lowest BCUT2D eigenvalue weighted by Crippen LogP contribution is -2.20. The lowest BCUT2D eigenvalue weighted by Gasteiger charge is -2.12. The Bertz CT molecular complexity index is 228. The zero-order valence-electron chi connectivity index (χ0n) is 10.2. The van der Waals surface area contributed by atoms with Gasteiger partial charge in [0.2, 0.25) is 0 Å². The molecule has 9 heteroatoms. The molecule has 0 aromatic rings. The van der Waals surface area contributed by atoms with Gasteiger partial charge in [0.1, 0.15) is 0 Å². The molecule has 0 radical (unpaired) electrons. The van der Waals surface area contributed by atoms with Crippen LogP contribution in [0.5, 0.6) is 0 Å². The minimum atomic E-state index is -2.90. The van der Waals surface area contributed by atoms with Gasteiger partial charge in [-0.05, 0) is 18.7 Å². The van der Waals surface area contributed by atoms with Crippen molar-refractivity contribution in [2.24, 2.45) is 11.0 Å². The van der Waals surface area contributed by atoms with Crippen molar-refractivity contribution in [1.82, 2.24) is 14.0 Å². The molecule has 15 heavy (non-hydrogen) atoms. The molecule has 0 unspecified atom stereocenters. The van der Waals surface area contributed by atoms with Gasteiger partial charge < -0.3 is 0 Å². The molecule has 0 saturated heterocycles. The molecular weight excluding hydrogens is 236 g/mol. The van der Waals surface area contributed by atoms with Crippen molar-refractivity contribution >= 4 is 15.7 Å². The molecule has 0 rings (SSSR count). The molecule has 7 nitrogen and oxygen atoms in total. The molecule has 4 N–H and O–H groups in total. The van der Waals surface area contributed by atoms with E-state index in [1.165, 1.54) is 4.67 Å². The highest BCUT2D eigenvalue weighted by atomic mass is 31.2. The summed E-state index contributed by atoms with van der Waals surface area (Å²) in [5.74, 6) is 0. The third kappa shape index (κ3) is 10.4. The van der Waals surface area contributed by atoms with E-state index in [1.807, 2.05) is 0 Å². The summed E-state index contributed by atoms with van der Waals surface area (Å²) in [7, 11) is 6.12. The summed E-state index contributed by atoms with van der Waals surface area (Å²) in [6, 6.07) is 0. The molecule has 0 aliphatic carbocycles. The molecular formula is C6H22N5O2P2+. The summed E-state index contributed by atoms with van der Waals surface area (Å²) < 4.78 is 25.9. The van der Waals surface area contributed by atoms with Crippen LogP contribution < -0.4 is 11.0 Å². The number of hydrogen-bond donors (Lipinski definition) is 2. The average molecular weight is 258 g/mol. The van der Waals surface area contributed by atoms with Gasteiger partial charge in [0.05, 0.1) is 0 Å². The minimum Gasteiger partial charge on any atom is -0.271 e. The maximum absolute atomic E-state index is 10.8. The van der Waals surface area contributed by atoms with Gasteiger partial charge in [-0.15, -0.1) is 0 Å².